The van der Waals surface area contributed by atoms with Crippen LogP contribution in [0, 0.1) is 0 Å². The normalized spacial score (nSPS) is 12.0. The van der Waals surface area contributed by atoms with Crippen LogP contribution in [0.25, 0.3) is 0 Å². The highest BCUT2D eigenvalue weighted by Crippen LogP contribution is 2.19. The first-order chi connectivity index (χ1) is 21.5. The summed E-state index contributed by atoms with van der Waals surface area (Å²) in [5.41, 5.74) is 10.9. The molecule has 0 atom stereocenters. The van der Waals surface area contributed by atoms with Crippen LogP contribution in [0.2, 0.25) is 12.1 Å². The molecule has 10 nitrogen and oxygen atoms in total. The quantitative estimate of drug-likeness (QED) is 0.0489. The minimum Gasteiger partial charge on any atom is -0.377 e. The summed E-state index contributed by atoms with van der Waals surface area (Å²) >= 11 is 0. The van der Waals surface area contributed by atoms with Gasteiger partial charge in [-0.15, -0.1) is 0 Å². The molecule has 268 valence electrons. The van der Waals surface area contributed by atoms with E-state index >= 15 is 0 Å². The Hall–Kier alpha value is 0.0338. The Kier molecular flexibility index (Phi) is 37.6. The fraction of sp³-hybridized carbons (Fsp3) is 1.00. The Labute approximate surface area is 275 Å². The fourth-order valence-corrected chi connectivity index (χ4v) is 8.82. The van der Waals surface area contributed by atoms with Gasteiger partial charge in [0.1, 0.15) is 0 Å². The Morgan fingerprint density at radius 2 is 0.568 bits per heavy atom. The van der Waals surface area contributed by atoms with Crippen LogP contribution in [0.15, 0.2) is 0 Å². The molecule has 0 aromatic carbocycles. The van der Waals surface area contributed by atoms with E-state index in [1.54, 1.807) is 42.7 Å². The summed E-state index contributed by atoms with van der Waals surface area (Å²) < 4.78 is 32.6. The lowest BCUT2D eigenvalue weighted by Gasteiger charge is -2.24. The molecule has 0 saturated carbocycles. The standard InChI is InChI=1S/2C16H38N2O3Si/c2*1-19-22(20-2,21-3)16-12-10-8-6-4-5-7-9-11-14-18-15-13-17/h2*18H,4-17H2,1-3H3. The maximum Gasteiger partial charge on any atom is 0.500 e. The number of nitrogens with two attached hydrogens (primary N) is 2. The second-order valence-electron chi connectivity index (χ2n) is 11.5. The molecule has 0 rings (SSSR count). The maximum atomic E-state index is 5.43. The van der Waals surface area contributed by atoms with Gasteiger partial charge in [0.2, 0.25) is 0 Å². The van der Waals surface area contributed by atoms with Crippen LogP contribution >= 0.6 is 0 Å². The molecule has 0 aromatic heterocycles. The third kappa shape index (κ3) is 28.3. The number of hydrogen-bond acceptors (Lipinski definition) is 10. The van der Waals surface area contributed by atoms with E-state index in [2.05, 4.69) is 10.6 Å². The average molecular weight is 669 g/mol. The van der Waals surface area contributed by atoms with E-state index in [0.29, 0.717) is 0 Å². The highest BCUT2D eigenvalue weighted by Gasteiger charge is 2.37. The van der Waals surface area contributed by atoms with Crippen LogP contribution in [-0.2, 0) is 26.6 Å². The number of hydrogen-bond donors (Lipinski definition) is 4. The summed E-state index contributed by atoms with van der Waals surface area (Å²) in [5.74, 6) is 0. The first kappa shape index (κ1) is 46.2. The molecule has 12 heteroatoms. The fourth-order valence-electron chi connectivity index (χ4n) is 5.22. The molecule has 0 radical (unpaired) electrons. The summed E-state index contributed by atoms with van der Waals surface area (Å²) in [5, 5.41) is 6.67. The molecule has 0 amide bonds. The zero-order valence-electron chi connectivity index (χ0n) is 30.0. The number of rotatable bonds is 34. The summed E-state index contributed by atoms with van der Waals surface area (Å²) in [6, 6.07) is 1.85. The third-order valence-electron chi connectivity index (χ3n) is 8.18. The monoisotopic (exact) mass is 669 g/mol. The molecule has 0 unspecified atom stereocenters. The van der Waals surface area contributed by atoms with E-state index in [0.717, 1.165) is 64.2 Å². The predicted octanol–water partition coefficient (Wildman–Crippen LogP) is 5.85. The lowest BCUT2D eigenvalue weighted by atomic mass is 10.1. The zero-order chi connectivity index (χ0) is 33.0. The Morgan fingerprint density at radius 1 is 0.341 bits per heavy atom. The molecule has 0 aliphatic rings. The van der Waals surface area contributed by atoms with Crippen molar-refractivity contribution in [3.63, 3.8) is 0 Å². The molecule has 0 saturated heterocycles. The molecule has 6 N–H and O–H groups in total. The van der Waals surface area contributed by atoms with E-state index in [4.69, 9.17) is 38.0 Å². The third-order valence-corrected chi connectivity index (χ3v) is 13.8. The minimum atomic E-state index is -2.33. The van der Waals surface area contributed by atoms with Gasteiger partial charge < -0.3 is 48.7 Å². The van der Waals surface area contributed by atoms with Gasteiger partial charge >= 0.3 is 17.6 Å². The van der Waals surface area contributed by atoms with Crippen molar-refractivity contribution in [1.29, 1.82) is 0 Å². The van der Waals surface area contributed by atoms with Gasteiger partial charge in [0.15, 0.2) is 0 Å². The first-order valence-corrected chi connectivity index (χ1v) is 21.5. The summed E-state index contributed by atoms with van der Waals surface area (Å²) in [6.07, 6.45) is 23.4. The number of nitrogens with one attached hydrogen (secondary N) is 2. The first-order valence-electron chi connectivity index (χ1n) is 17.6. The van der Waals surface area contributed by atoms with E-state index < -0.39 is 17.6 Å². The van der Waals surface area contributed by atoms with E-state index in [9.17, 15) is 0 Å². The van der Waals surface area contributed by atoms with Crippen LogP contribution in [0.1, 0.15) is 116 Å². The molecule has 0 aliphatic heterocycles. The van der Waals surface area contributed by atoms with Gasteiger partial charge in [-0.25, -0.2) is 0 Å². The van der Waals surface area contributed by atoms with Crippen LogP contribution in [0.3, 0.4) is 0 Å². The predicted molar refractivity (Wildman–Crippen MR) is 190 cm³/mol. The van der Waals surface area contributed by atoms with Crippen LogP contribution in [0.4, 0.5) is 0 Å². The highest BCUT2D eigenvalue weighted by atomic mass is 28.4. The second-order valence-corrected chi connectivity index (χ2v) is 17.7. The van der Waals surface area contributed by atoms with Gasteiger partial charge in [-0.3, -0.25) is 0 Å². The molecule has 0 spiro atoms. The Morgan fingerprint density at radius 3 is 0.795 bits per heavy atom. The van der Waals surface area contributed by atoms with Crippen molar-refractivity contribution >= 4 is 17.6 Å². The van der Waals surface area contributed by atoms with Gasteiger partial charge in [-0.05, 0) is 38.8 Å². The van der Waals surface area contributed by atoms with Crippen molar-refractivity contribution in [2.75, 3.05) is 81.9 Å². The lowest BCUT2D eigenvalue weighted by Crippen LogP contribution is -2.42. The Bertz CT molecular complexity index is 488. The van der Waals surface area contributed by atoms with Gasteiger partial charge in [0, 0.05) is 80.9 Å². The molecular formula is C32H76N4O6Si2. The van der Waals surface area contributed by atoms with Crippen molar-refractivity contribution in [3.05, 3.63) is 0 Å². The SMILES string of the molecule is CO[Si](CCCCCCCCCCCNCCN)(OC)OC.CO[Si](CCCCCCCCCCCNCCN)(OC)OC. The van der Waals surface area contributed by atoms with E-state index in [1.165, 1.54) is 103 Å². The van der Waals surface area contributed by atoms with Crippen molar-refractivity contribution in [3.8, 4) is 0 Å². The second kappa shape index (κ2) is 35.9. The highest BCUT2D eigenvalue weighted by molar-refractivity contribution is 6.60. The summed E-state index contributed by atoms with van der Waals surface area (Å²) in [6.45, 7) is 5.59. The molecule has 0 aromatic rings. The molecular weight excluding hydrogens is 593 g/mol. The van der Waals surface area contributed by atoms with Gasteiger partial charge in [0.25, 0.3) is 0 Å². The van der Waals surface area contributed by atoms with Crippen molar-refractivity contribution in [2.24, 2.45) is 11.5 Å². The van der Waals surface area contributed by atoms with Crippen molar-refractivity contribution in [1.82, 2.24) is 10.6 Å². The van der Waals surface area contributed by atoms with Crippen LogP contribution < -0.4 is 22.1 Å². The van der Waals surface area contributed by atoms with E-state index in [-0.39, 0.29) is 0 Å². The van der Waals surface area contributed by atoms with Crippen molar-refractivity contribution in [2.45, 2.75) is 128 Å². The molecule has 0 aliphatic carbocycles. The summed E-state index contributed by atoms with van der Waals surface area (Å²) in [7, 11) is 5.45. The number of unbranched alkanes of at least 4 members (excludes halogenated alkanes) is 16. The lowest BCUT2D eigenvalue weighted by molar-refractivity contribution is 0.122. The van der Waals surface area contributed by atoms with Crippen molar-refractivity contribution < 1.29 is 26.6 Å². The molecule has 0 bridgehead atoms. The minimum absolute atomic E-state index is 0.739. The van der Waals surface area contributed by atoms with Gasteiger partial charge in [-0.2, -0.15) is 0 Å². The molecule has 0 fully saturated rings. The maximum absolute atomic E-state index is 5.43. The molecule has 44 heavy (non-hydrogen) atoms. The summed E-state index contributed by atoms with van der Waals surface area (Å²) in [4.78, 5) is 0. The molecule has 0 heterocycles. The zero-order valence-corrected chi connectivity index (χ0v) is 32.0. The smallest absolute Gasteiger partial charge is 0.377 e. The Balaban J connectivity index is 0. The van der Waals surface area contributed by atoms with Crippen LogP contribution in [-0.4, -0.2) is 99.5 Å². The van der Waals surface area contributed by atoms with Gasteiger partial charge in [0.05, 0.1) is 0 Å². The van der Waals surface area contributed by atoms with Gasteiger partial charge in [-0.1, -0.05) is 89.9 Å². The largest absolute Gasteiger partial charge is 0.500 e. The van der Waals surface area contributed by atoms with Crippen LogP contribution in [0.5, 0.6) is 0 Å². The van der Waals surface area contributed by atoms with E-state index in [1.807, 2.05) is 0 Å². The topological polar surface area (TPSA) is 131 Å². The average Bonchev–Trinajstić information content (AvgIpc) is 3.06.